The number of aromatic nitrogens is 1. The van der Waals surface area contributed by atoms with Crippen LogP contribution in [0.25, 0.3) is 53.2 Å². The molecular weight excluding hydrogens is 585 g/mol. The molecule has 0 saturated carbocycles. The highest BCUT2D eigenvalue weighted by Crippen LogP contribution is 2.50. The standard InChI is InChI=1S/C41H26N2O2S/c1-2-8-31(9-3-1)44-32-20-18-30(19-21-32)43(29-16-14-27(15-17-29)28-22-24-42-25-23-28)36-26-35-33-10-4-6-12-37(33)45-40(35)41-39(36)34-11-5-7-13-38(34)46-41/h1-26H. The maximum absolute atomic E-state index is 6.55. The van der Waals surface area contributed by atoms with Crippen LogP contribution in [0.5, 0.6) is 11.5 Å². The van der Waals surface area contributed by atoms with Gasteiger partial charge in [0.1, 0.15) is 17.1 Å². The highest BCUT2D eigenvalue weighted by Gasteiger charge is 2.23. The van der Waals surface area contributed by atoms with Crippen molar-refractivity contribution in [2.45, 2.75) is 0 Å². The van der Waals surface area contributed by atoms with Crippen molar-refractivity contribution in [3.63, 3.8) is 0 Å². The van der Waals surface area contributed by atoms with Crippen molar-refractivity contribution in [3.8, 4) is 22.6 Å². The summed E-state index contributed by atoms with van der Waals surface area (Å²) in [6.45, 7) is 0. The van der Waals surface area contributed by atoms with Crippen molar-refractivity contribution < 1.29 is 9.15 Å². The predicted octanol–water partition coefficient (Wildman–Crippen LogP) is 12.3. The number of ether oxygens (including phenoxy) is 1. The van der Waals surface area contributed by atoms with Crippen molar-refractivity contribution >= 4 is 70.5 Å². The summed E-state index contributed by atoms with van der Waals surface area (Å²) in [4.78, 5) is 6.55. The average Bonchev–Trinajstić information content (AvgIpc) is 3.69. The van der Waals surface area contributed by atoms with Crippen LogP contribution in [0.4, 0.5) is 17.1 Å². The Labute approximate surface area is 269 Å². The summed E-state index contributed by atoms with van der Waals surface area (Å²) in [5, 5.41) is 4.60. The van der Waals surface area contributed by atoms with Gasteiger partial charge in [-0.05, 0) is 90.0 Å². The van der Waals surface area contributed by atoms with Crippen LogP contribution in [0.2, 0.25) is 0 Å². The second-order valence-electron chi connectivity index (χ2n) is 11.2. The van der Waals surface area contributed by atoms with Gasteiger partial charge in [0.15, 0.2) is 5.58 Å². The number of hydrogen-bond donors (Lipinski definition) is 0. The smallest absolute Gasteiger partial charge is 0.153 e. The molecule has 46 heavy (non-hydrogen) atoms. The zero-order valence-electron chi connectivity index (χ0n) is 24.6. The van der Waals surface area contributed by atoms with Gasteiger partial charge in [-0.15, -0.1) is 11.3 Å². The Bertz CT molecular complexity index is 2480. The van der Waals surface area contributed by atoms with E-state index >= 15 is 0 Å². The number of benzene rings is 6. The number of pyridine rings is 1. The van der Waals surface area contributed by atoms with Crippen LogP contribution in [0.15, 0.2) is 162 Å². The quantitative estimate of drug-likeness (QED) is 0.188. The molecule has 0 fully saturated rings. The van der Waals surface area contributed by atoms with Gasteiger partial charge >= 0.3 is 0 Å². The van der Waals surface area contributed by atoms with Gasteiger partial charge in [0.25, 0.3) is 0 Å². The van der Waals surface area contributed by atoms with Crippen molar-refractivity contribution in [3.05, 3.63) is 158 Å². The van der Waals surface area contributed by atoms with E-state index in [4.69, 9.17) is 9.15 Å². The number of anilines is 3. The van der Waals surface area contributed by atoms with Crippen molar-refractivity contribution in [2.75, 3.05) is 4.90 Å². The summed E-state index contributed by atoms with van der Waals surface area (Å²) in [6.07, 6.45) is 3.66. The summed E-state index contributed by atoms with van der Waals surface area (Å²) in [7, 11) is 0. The fourth-order valence-corrected chi connectivity index (χ4v) is 7.49. The van der Waals surface area contributed by atoms with E-state index in [1.54, 1.807) is 11.3 Å². The summed E-state index contributed by atoms with van der Waals surface area (Å²) < 4.78 is 15.1. The number of para-hydroxylation sites is 2. The third-order valence-corrected chi connectivity index (χ3v) is 9.60. The highest BCUT2D eigenvalue weighted by molar-refractivity contribution is 7.26. The number of furan rings is 1. The van der Waals surface area contributed by atoms with Gasteiger partial charge in [-0.1, -0.05) is 66.7 Å². The number of nitrogens with zero attached hydrogens (tertiary/aromatic N) is 2. The Kier molecular flexibility index (Phi) is 6.28. The molecule has 3 heterocycles. The van der Waals surface area contributed by atoms with Crippen molar-refractivity contribution in [1.82, 2.24) is 4.98 Å². The molecule has 0 aliphatic heterocycles. The highest BCUT2D eigenvalue weighted by atomic mass is 32.1. The Hall–Kier alpha value is -5.91. The SMILES string of the molecule is c1ccc(Oc2ccc(N(c3ccc(-c4ccncc4)cc3)c3cc4c5ccccc5oc4c4sc5ccccc5c34)cc2)cc1. The molecule has 0 N–H and O–H groups in total. The first-order valence-corrected chi connectivity index (χ1v) is 16.0. The molecular formula is C41H26N2O2S. The van der Waals surface area contributed by atoms with Crippen LogP contribution in [0, 0.1) is 0 Å². The van der Waals surface area contributed by atoms with E-state index in [2.05, 4.69) is 94.8 Å². The van der Waals surface area contributed by atoms with E-state index in [0.29, 0.717) is 0 Å². The van der Waals surface area contributed by atoms with E-state index in [0.717, 1.165) is 66.3 Å². The van der Waals surface area contributed by atoms with Crippen LogP contribution >= 0.6 is 11.3 Å². The minimum atomic E-state index is 0.783. The number of rotatable bonds is 6. The molecule has 0 radical (unpaired) electrons. The summed E-state index contributed by atoms with van der Waals surface area (Å²) >= 11 is 1.79. The molecule has 0 atom stereocenters. The van der Waals surface area contributed by atoms with E-state index in [1.165, 1.54) is 15.5 Å². The lowest BCUT2D eigenvalue weighted by Gasteiger charge is -2.27. The molecule has 0 unspecified atom stereocenters. The molecule has 4 nitrogen and oxygen atoms in total. The fraction of sp³-hybridized carbons (Fsp3) is 0. The third kappa shape index (κ3) is 4.48. The lowest BCUT2D eigenvalue weighted by molar-refractivity contribution is 0.483. The van der Waals surface area contributed by atoms with E-state index in [1.807, 2.05) is 73.1 Å². The van der Waals surface area contributed by atoms with E-state index in [-0.39, 0.29) is 0 Å². The minimum Gasteiger partial charge on any atom is -0.457 e. The topological polar surface area (TPSA) is 38.5 Å². The zero-order chi connectivity index (χ0) is 30.5. The Balaban J connectivity index is 1.28. The van der Waals surface area contributed by atoms with Gasteiger partial charge in [0.05, 0.1) is 10.4 Å². The molecule has 0 bridgehead atoms. The molecule has 0 aliphatic carbocycles. The van der Waals surface area contributed by atoms with Crippen LogP contribution in [0.1, 0.15) is 0 Å². The Morgan fingerprint density at radius 2 is 1.20 bits per heavy atom. The first kappa shape index (κ1) is 26.5. The molecule has 9 aromatic rings. The lowest BCUT2D eigenvalue weighted by Crippen LogP contribution is -2.10. The molecule has 6 aromatic carbocycles. The molecule has 0 saturated heterocycles. The molecule has 5 heteroatoms. The second-order valence-corrected chi connectivity index (χ2v) is 12.3. The first-order chi connectivity index (χ1) is 22.8. The summed E-state index contributed by atoms with van der Waals surface area (Å²) in [5.41, 5.74) is 7.27. The first-order valence-electron chi connectivity index (χ1n) is 15.2. The number of thiophene rings is 1. The van der Waals surface area contributed by atoms with Crippen LogP contribution < -0.4 is 9.64 Å². The maximum Gasteiger partial charge on any atom is 0.153 e. The third-order valence-electron chi connectivity index (χ3n) is 8.43. The van der Waals surface area contributed by atoms with Crippen LogP contribution in [0.3, 0.4) is 0 Å². The van der Waals surface area contributed by atoms with Crippen LogP contribution in [-0.4, -0.2) is 4.98 Å². The largest absolute Gasteiger partial charge is 0.457 e. The molecule has 0 aliphatic rings. The van der Waals surface area contributed by atoms with Crippen molar-refractivity contribution in [1.29, 1.82) is 0 Å². The monoisotopic (exact) mass is 610 g/mol. The van der Waals surface area contributed by atoms with Gasteiger partial charge in [0, 0.05) is 50.0 Å². The predicted molar refractivity (Wildman–Crippen MR) is 191 cm³/mol. The van der Waals surface area contributed by atoms with Crippen LogP contribution in [-0.2, 0) is 0 Å². The normalized spacial score (nSPS) is 11.5. The van der Waals surface area contributed by atoms with Gasteiger partial charge in [-0.3, -0.25) is 4.98 Å². The average molecular weight is 611 g/mol. The number of fused-ring (bicyclic) bond motifs is 7. The minimum absolute atomic E-state index is 0.783. The number of hydrogen-bond acceptors (Lipinski definition) is 5. The van der Waals surface area contributed by atoms with E-state index in [9.17, 15) is 0 Å². The fourth-order valence-electron chi connectivity index (χ4n) is 6.28. The maximum atomic E-state index is 6.55. The molecule has 0 spiro atoms. The molecule has 218 valence electrons. The van der Waals surface area contributed by atoms with Gasteiger partial charge in [-0.25, -0.2) is 0 Å². The zero-order valence-corrected chi connectivity index (χ0v) is 25.4. The summed E-state index contributed by atoms with van der Waals surface area (Å²) in [6, 6.07) is 50.3. The van der Waals surface area contributed by atoms with Gasteiger partial charge in [-0.2, -0.15) is 0 Å². The molecule has 3 aromatic heterocycles. The Morgan fingerprint density at radius 1 is 0.565 bits per heavy atom. The summed E-state index contributed by atoms with van der Waals surface area (Å²) in [5.74, 6) is 1.59. The molecule has 0 amide bonds. The lowest BCUT2D eigenvalue weighted by atomic mass is 10.0. The van der Waals surface area contributed by atoms with Crippen molar-refractivity contribution in [2.24, 2.45) is 0 Å². The van der Waals surface area contributed by atoms with E-state index < -0.39 is 0 Å². The van der Waals surface area contributed by atoms with Gasteiger partial charge in [0.2, 0.25) is 0 Å². The Morgan fingerprint density at radius 3 is 1.98 bits per heavy atom. The van der Waals surface area contributed by atoms with Gasteiger partial charge < -0.3 is 14.1 Å². The second kappa shape index (κ2) is 10.9. The molecule has 9 rings (SSSR count).